The van der Waals surface area contributed by atoms with Crippen molar-refractivity contribution in [3.05, 3.63) is 47.5 Å². The highest BCUT2D eigenvalue weighted by Gasteiger charge is 2.31. The molecule has 1 aromatic heterocycles. The number of ether oxygens (including phenoxy) is 4. The van der Waals surface area contributed by atoms with Gasteiger partial charge in [-0.25, -0.2) is 19.4 Å². The minimum atomic E-state index is -1.33. The lowest BCUT2D eigenvalue weighted by Gasteiger charge is -2.25. The van der Waals surface area contributed by atoms with Crippen LogP contribution in [0.25, 0.3) is 5.57 Å². The van der Waals surface area contributed by atoms with Gasteiger partial charge >= 0.3 is 18.0 Å². The standard InChI is InChI=1S/C29H41N3O8/c1-16(2)23(32-28(36)40-29(6,7)8)26(34)38-19(5)39-27(35)24-21(17(3)14-18(4)37-9)12-13-22(31-24)25(33)30-15-20-10-11-20/h12-14,16,19-20,23H,4,10-11,15H2,1-3,5-9H3,(H,30,33)(H,32,36)/b17-14+/t19?,23-/m0/s1. The van der Waals surface area contributed by atoms with Crippen molar-refractivity contribution in [1.29, 1.82) is 0 Å². The first-order valence-electron chi connectivity index (χ1n) is 13.2. The Hall–Kier alpha value is -3.89. The number of nitrogens with one attached hydrogen (secondary N) is 2. The number of amides is 2. The zero-order valence-corrected chi connectivity index (χ0v) is 24.6. The van der Waals surface area contributed by atoms with Gasteiger partial charge in [-0.1, -0.05) is 20.4 Å². The first-order chi connectivity index (χ1) is 18.6. The molecule has 220 valence electrons. The molecule has 0 aliphatic heterocycles. The fourth-order valence-corrected chi connectivity index (χ4v) is 3.49. The van der Waals surface area contributed by atoms with Gasteiger partial charge in [-0.2, -0.15) is 0 Å². The number of allylic oxidation sites excluding steroid dienone is 2. The summed E-state index contributed by atoms with van der Waals surface area (Å²) < 4.78 is 21.0. The van der Waals surface area contributed by atoms with Crippen molar-refractivity contribution in [3.8, 4) is 0 Å². The highest BCUT2D eigenvalue weighted by molar-refractivity contribution is 5.97. The number of carbonyl (C=O) groups excluding carboxylic acids is 4. The highest BCUT2D eigenvalue weighted by Crippen LogP contribution is 2.27. The Morgan fingerprint density at radius 2 is 1.77 bits per heavy atom. The first kappa shape index (κ1) is 32.3. The van der Waals surface area contributed by atoms with E-state index in [1.54, 1.807) is 53.7 Å². The maximum Gasteiger partial charge on any atom is 0.408 e. The van der Waals surface area contributed by atoms with E-state index in [0.29, 0.717) is 29.4 Å². The van der Waals surface area contributed by atoms with Gasteiger partial charge in [-0.3, -0.25) is 4.79 Å². The summed E-state index contributed by atoms with van der Waals surface area (Å²) in [5.74, 6) is -1.67. The Balaban J connectivity index is 2.21. The molecule has 1 aromatic rings. The summed E-state index contributed by atoms with van der Waals surface area (Å²) in [6, 6.07) is 2.05. The van der Waals surface area contributed by atoms with Gasteiger partial charge in [0.2, 0.25) is 6.29 Å². The minimum absolute atomic E-state index is 0.0424. The van der Waals surface area contributed by atoms with Gasteiger partial charge in [-0.05, 0) is 76.2 Å². The maximum atomic E-state index is 13.2. The average Bonchev–Trinajstić information content (AvgIpc) is 3.68. The van der Waals surface area contributed by atoms with Crippen LogP contribution in [0.3, 0.4) is 0 Å². The summed E-state index contributed by atoms with van der Waals surface area (Å²) in [5, 5.41) is 5.31. The number of esters is 2. The Bertz CT molecular complexity index is 1150. The molecular weight excluding hydrogens is 518 g/mol. The van der Waals surface area contributed by atoms with E-state index < -0.39 is 41.9 Å². The van der Waals surface area contributed by atoms with Crippen molar-refractivity contribution in [2.75, 3.05) is 13.7 Å². The van der Waals surface area contributed by atoms with Gasteiger partial charge in [0.05, 0.1) is 7.11 Å². The van der Waals surface area contributed by atoms with E-state index in [0.717, 1.165) is 12.8 Å². The van der Waals surface area contributed by atoms with Crippen molar-refractivity contribution in [2.24, 2.45) is 11.8 Å². The average molecular weight is 560 g/mol. The van der Waals surface area contributed by atoms with Crippen molar-refractivity contribution in [1.82, 2.24) is 15.6 Å². The van der Waals surface area contributed by atoms with Crippen molar-refractivity contribution < 1.29 is 38.1 Å². The van der Waals surface area contributed by atoms with Crippen LogP contribution in [0.1, 0.15) is 87.8 Å². The molecule has 2 N–H and O–H groups in total. The van der Waals surface area contributed by atoms with Crippen LogP contribution in [0.2, 0.25) is 0 Å². The zero-order valence-electron chi connectivity index (χ0n) is 24.6. The number of hydrogen-bond acceptors (Lipinski definition) is 9. The molecule has 1 fully saturated rings. The lowest BCUT2D eigenvalue weighted by Crippen LogP contribution is -2.48. The summed E-state index contributed by atoms with van der Waals surface area (Å²) >= 11 is 0. The topological polar surface area (TPSA) is 142 Å². The predicted octanol–water partition coefficient (Wildman–Crippen LogP) is 4.38. The first-order valence-corrected chi connectivity index (χ1v) is 13.2. The number of nitrogens with zero attached hydrogens (tertiary/aromatic N) is 1. The molecule has 0 saturated heterocycles. The van der Waals surface area contributed by atoms with Crippen molar-refractivity contribution in [3.63, 3.8) is 0 Å². The lowest BCUT2D eigenvalue weighted by atomic mass is 10.0. The summed E-state index contributed by atoms with van der Waals surface area (Å²) in [6.45, 7) is 15.9. The van der Waals surface area contributed by atoms with Gasteiger partial charge in [0.1, 0.15) is 23.1 Å². The van der Waals surface area contributed by atoms with E-state index in [9.17, 15) is 19.2 Å². The lowest BCUT2D eigenvalue weighted by molar-refractivity contribution is -0.169. The quantitative estimate of drug-likeness (QED) is 0.165. The van der Waals surface area contributed by atoms with Crippen molar-refractivity contribution >= 4 is 29.5 Å². The van der Waals surface area contributed by atoms with Crippen LogP contribution in [-0.4, -0.2) is 60.5 Å². The number of alkyl carbamates (subject to hydrolysis) is 1. The smallest absolute Gasteiger partial charge is 0.408 e. The van der Waals surface area contributed by atoms with Crippen LogP contribution in [0.4, 0.5) is 4.79 Å². The number of carbonyl (C=O) groups is 4. The SMILES string of the molecule is C=C(/C=C(\C)c1ccc(C(=O)NCC2CC2)nc1C(=O)OC(C)OC(=O)[C@@H](NC(=O)OC(C)(C)C)C(C)C)OC. The second kappa shape index (κ2) is 14.0. The molecule has 0 radical (unpaired) electrons. The second-order valence-corrected chi connectivity index (χ2v) is 11.0. The zero-order chi connectivity index (χ0) is 30.2. The molecule has 11 nitrogen and oxygen atoms in total. The Morgan fingerprint density at radius 3 is 2.33 bits per heavy atom. The van der Waals surface area contributed by atoms with Crippen LogP contribution >= 0.6 is 0 Å². The number of methoxy groups -OCH3 is 1. The fourth-order valence-electron chi connectivity index (χ4n) is 3.49. The molecule has 11 heteroatoms. The van der Waals surface area contributed by atoms with E-state index in [1.807, 2.05) is 0 Å². The van der Waals surface area contributed by atoms with E-state index in [2.05, 4.69) is 22.2 Å². The van der Waals surface area contributed by atoms with Gasteiger partial charge in [0.15, 0.2) is 5.69 Å². The van der Waals surface area contributed by atoms with Gasteiger partial charge in [-0.15, -0.1) is 0 Å². The monoisotopic (exact) mass is 559 g/mol. The summed E-state index contributed by atoms with van der Waals surface area (Å²) in [4.78, 5) is 55.2. The molecule has 2 atom stereocenters. The van der Waals surface area contributed by atoms with Crippen LogP contribution in [0, 0.1) is 11.8 Å². The Labute approximate surface area is 235 Å². The van der Waals surface area contributed by atoms with Gasteiger partial charge < -0.3 is 29.6 Å². The largest absolute Gasteiger partial charge is 0.497 e. The summed E-state index contributed by atoms with van der Waals surface area (Å²) in [7, 11) is 1.46. The molecule has 0 spiro atoms. The van der Waals surface area contributed by atoms with Crippen LogP contribution < -0.4 is 10.6 Å². The molecule has 2 rings (SSSR count). The van der Waals surface area contributed by atoms with Crippen LogP contribution in [0.15, 0.2) is 30.5 Å². The van der Waals surface area contributed by atoms with Crippen molar-refractivity contribution in [2.45, 2.75) is 79.2 Å². The maximum absolute atomic E-state index is 13.2. The summed E-state index contributed by atoms with van der Waals surface area (Å²) in [6.07, 6.45) is 1.64. The molecule has 1 saturated carbocycles. The number of rotatable bonds is 12. The molecule has 1 heterocycles. The third-order valence-corrected chi connectivity index (χ3v) is 5.78. The molecule has 0 bridgehead atoms. The molecule has 2 amide bonds. The minimum Gasteiger partial charge on any atom is -0.497 e. The van der Waals surface area contributed by atoms with Gasteiger partial charge in [0.25, 0.3) is 5.91 Å². The third-order valence-electron chi connectivity index (χ3n) is 5.78. The van der Waals surface area contributed by atoms with Crippen LogP contribution in [-0.2, 0) is 23.7 Å². The third kappa shape index (κ3) is 10.3. The predicted molar refractivity (Wildman–Crippen MR) is 148 cm³/mol. The fraction of sp³-hybridized carbons (Fsp3) is 0.552. The van der Waals surface area contributed by atoms with Gasteiger partial charge in [0, 0.05) is 19.0 Å². The molecule has 1 aliphatic carbocycles. The van der Waals surface area contributed by atoms with E-state index >= 15 is 0 Å². The second-order valence-electron chi connectivity index (χ2n) is 11.0. The molecule has 0 aromatic carbocycles. The van der Waals surface area contributed by atoms with E-state index in [1.165, 1.54) is 20.1 Å². The number of hydrogen-bond donors (Lipinski definition) is 2. The highest BCUT2D eigenvalue weighted by atomic mass is 16.7. The summed E-state index contributed by atoms with van der Waals surface area (Å²) in [5.41, 5.74) is 0.108. The normalized spacial score (nSPS) is 15.0. The van der Waals surface area contributed by atoms with Crippen LogP contribution in [0.5, 0.6) is 0 Å². The Kier molecular flexibility index (Phi) is 11.3. The molecule has 1 aliphatic rings. The van der Waals surface area contributed by atoms with E-state index in [-0.39, 0.29) is 17.3 Å². The molecule has 40 heavy (non-hydrogen) atoms. The number of pyridine rings is 1. The molecular formula is C29H41N3O8. The Morgan fingerprint density at radius 1 is 1.12 bits per heavy atom. The molecule has 1 unspecified atom stereocenters. The van der Waals surface area contributed by atoms with E-state index in [4.69, 9.17) is 18.9 Å². The number of aromatic nitrogens is 1.